The number of alkyl halides is 1. The van der Waals surface area contributed by atoms with Crippen LogP contribution in [0.4, 0.5) is 0 Å². The number of aryl methyl sites for hydroxylation is 1. The van der Waals surface area contributed by atoms with Crippen molar-refractivity contribution in [3.63, 3.8) is 0 Å². The van der Waals surface area contributed by atoms with E-state index >= 15 is 0 Å². The number of hydrogen-bond donors (Lipinski definition) is 0. The topological polar surface area (TPSA) is 17.8 Å². The van der Waals surface area contributed by atoms with Crippen LogP contribution in [0.5, 0.6) is 0 Å². The van der Waals surface area contributed by atoms with Crippen LogP contribution in [0.2, 0.25) is 0 Å². The number of imidazole rings is 1. The quantitative estimate of drug-likeness (QED) is 0.727. The predicted molar refractivity (Wildman–Crippen MR) is 62.5 cm³/mol. The molecule has 0 amide bonds. The van der Waals surface area contributed by atoms with E-state index < -0.39 is 0 Å². The van der Waals surface area contributed by atoms with Gasteiger partial charge in [0, 0.05) is 11.9 Å². The maximum Gasteiger partial charge on any atom is 0.0995 e. The minimum atomic E-state index is 0.459. The summed E-state index contributed by atoms with van der Waals surface area (Å²) < 4.78 is 2.00. The van der Waals surface area contributed by atoms with E-state index in [9.17, 15) is 0 Å². The van der Waals surface area contributed by atoms with Gasteiger partial charge in [0.2, 0.25) is 0 Å². The Morgan fingerprint density at radius 3 is 2.93 bits per heavy atom. The number of hydrogen-bond acceptors (Lipinski definition) is 1. The molecule has 0 fully saturated rings. The molecule has 0 spiro atoms. The van der Waals surface area contributed by atoms with Crippen LogP contribution in [-0.4, -0.2) is 9.55 Å². The molecule has 1 aromatic heterocycles. The van der Waals surface area contributed by atoms with Crippen LogP contribution in [0.1, 0.15) is 18.2 Å². The molecule has 78 valence electrons. The third kappa shape index (κ3) is 2.21. The Morgan fingerprint density at radius 1 is 1.40 bits per heavy atom. The largest absolute Gasteiger partial charge is 0.306 e. The third-order valence-electron chi connectivity index (χ3n) is 2.39. The first kappa shape index (κ1) is 10.2. The molecule has 0 aliphatic heterocycles. The van der Waals surface area contributed by atoms with Gasteiger partial charge in [-0.1, -0.05) is 19.1 Å². The van der Waals surface area contributed by atoms with E-state index in [4.69, 9.17) is 11.6 Å². The van der Waals surface area contributed by atoms with Gasteiger partial charge < -0.3 is 4.57 Å². The fourth-order valence-corrected chi connectivity index (χ4v) is 1.65. The average molecular weight is 221 g/mol. The van der Waals surface area contributed by atoms with Crippen molar-refractivity contribution in [2.75, 3.05) is 0 Å². The fraction of sp³-hybridized carbons (Fsp3) is 0.250. The first-order valence-corrected chi connectivity index (χ1v) is 5.55. The van der Waals surface area contributed by atoms with E-state index in [1.165, 1.54) is 5.56 Å². The van der Waals surface area contributed by atoms with Crippen LogP contribution in [0.15, 0.2) is 36.8 Å². The Morgan fingerprint density at radius 2 is 2.27 bits per heavy atom. The first-order valence-electron chi connectivity index (χ1n) is 5.01. The second-order valence-electron chi connectivity index (χ2n) is 3.43. The maximum atomic E-state index is 5.71. The van der Waals surface area contributed by atoms with Gasteiger partial charge in [0.15, 0.2) is 0 Å². The standard InChI is InChI=1S/C12H13ClN2/c1-2-10-4-3-5-12(6-10)15-8-11(7-13)14-9-15/h3-6,8-9H,2,7H2,1H3. The van der Waals surface area contributed by atoms with Gasteiger partial charge in [0.05, 0.1) is 17.9 Å². The molecule has 0 saturated carbocycles. The number of rotatable bonds is 3. The van der Waals surface area contributed by atoms with Gasteiger partial charge in [-0.05, 0) is 24.1 Å². The minimum Gasteiger partial charge on any atom is -0.306 e. The van der Waals surface area contributed by atoms with Crippen LogP contribution in [-0.2, 0) is 12.3 Å². The van der Waals surface area contributed by atoms with Crippen LogP contribution >= 0.6 is 11.6 Å². The molecule has 0 aliphatic rings. The predicted octanol–water partition coefficient (Wildman–Crippen LogP) is 3.17. The lowest BCUT2D eigenvalue weighted by molar-refractivity contribution is 1.04. The SMILES string of the molecule is CCc1cccc(-n2cnc(CCl)c2)c1. The van der Waals surface area contributed by atoms with Crippen molar-refractivity contribution in [1.82, 2.24) is 9.55 Å². The molecule has 1 aromatic carbocycles. The van der Waals surface area contributed by atoms with Crippen LogP contribution in [0.3, 0.4) is 0 Å². The van der Waals surface area contributed by atoms with E-state index in [0.29, 0.717) is 5.88 Å². The summed E-state index contributed by atoms with van der Waals surface area (Å²) in [4.78, 5) is 4.20. The van der Waals surface area contributed by atoms with E-state index in [1.54, 1.807) is 6.33 Å². The summed E-state index contributed by atoms with van der Waals surface area (Å²) in [6, 6.07) is 8.43. The number of halogens is 1. The van der Waals surface area contributed by atoms with Gasteiger partial charge in [-0.3, -0.25) is 0 Å². The Balaban J connectivity index is 2.35. The summed E-state index contributed by atoms with van der Waals surface area (Å²) in [5.74, 6) is 0.459. The zero-order chi connectivity index (χ0) is 10.7. The Labute approximate surface area is 94.5 Å². The van der Waals surface area contributed by atoms with Crippen molar-refractivity contribution in [2.24, 2.45) is 0 Å². The van der Waals surface area contributed by atoms with Crippen LogP contribution in [0.25, 0.3) is 5.69 Å². The van der Waals surface area contributed by atoms with E-state index in [0.717, 1.165) is 17.8 Å². The highest BCUT2D eigenvalue weighted by Gasteiger charge is 2.00. The highest BCUT2D eigenvalue weighted by atomic mass is 35.5. The van der Waals surface area contributed by atoms with E-state index in [2.05, 4.69) is 36.2 Å². The molecule has 2 aromatic rings. The number of nitrogens with zero attached hydrogens (tertiary/aromatic N) is 2. The van der Waals surface area contributed by atoms with Gasteiger partial charge in [-0.2, -0.15) is 0 Å². The van der Waals surface area contributed by atoms with Crippen LogP contribution < -0.4 is 0 Å². The van der Waals surface area contributed by atoms with Crippen molar-refractivity contribution < 1.29 is 0 Å². The number of aromatic nitrogens is 2. The van der Waals surface area contributed by atoms with Crippen molar-refractivity contribution in [3.05, 3.63) is 48.0 Å². The lowest BCUT2D eigenvalue weighted by atomic mass is 10.1. The maximum absolute atomic E-state index is 5.71. The second kappa shape index (κ2) is 4.49. The molecule has 0 bridgehead atoms. The van der Waals surface area contributed by atoms with Crippen molar-refractivity contribution in [3.8, 4) is 5.69 Å². The zero-order valence-corrected chi connectivity index (χ0v) is 9.41. The molecule has 0 atom stereocenters. The Bertz CT molecular complexity index is 448. The summed E-state index contributed by atoms with van der Waals surface area (Å²) in [7, 11) is 0. The molecule has 15 heavy (non-hydrogen) atoms. The number of benzene rings is 1. The third-order valence-corrected chi connectivity index (χ3v) is 2.66. The van der Waals surface area contributed by atoms with Gasteiger partial charge in [-0.15, -0.1) is 11.6 Å². The Kier molecular flexibility index (Phi) is 3.07. The molecule has 0 aliphatic carbocycles. The summed E-state index contributed by atoms with van der Waals surface area (Å²) in [5, 5.41) is 0. The van der Waals surface area contributed by atoms with E-state index in [1.807, 2.05) is 10.8 Å². The molecule has 0 N–H and O–H groups in total. The molecule has 2 nitrogen and oxygen atoms in total. The lowest BCUT2D eigenvalue weighted by Crippen LogP contribution is -1.91. The van der Waals surface area contributed by atoms with Gasteiger partial charge in [0.1, 0.15) is 0 Å². The highest BCUT2D eigenvalue weighted by Crippen LogP contribution is 2.12. The normalized spacial score (nSPS) is 10.5. The minimum absolute atomic E-state index is 0.459. The monoisotopic (exact) mass is 220 g/mol. The summed E-state index contributed by atoms with van der Waals surface area (Å²) >= 11 is 5.71. The fourth-order valence-electron chi connectivity index (χ4n) is 1.51. The lowest BCUT2D eigenvalue weighted by Gasteiger charge is -2.03. The zero-order valence-electron chi connectivity index (χ0n) is 8.65. The second-order valence-corrected chi connectivity index (χ2v) is 3.70. The molecule has 1 heterocycles. The van der Waals surface area contributed by atoms with Crippen LogP contribution in [0, 0.1) is 0 Å². The van der Waals surface area contributed by atoms with E-state index in [-0.39, 0.29) is 0 Å². The summed E-state index contributed by atoms with van der Waals surface area (Å²) in [5.41, 5.74) is 3.37. The molecule has 0 radical (unpaired) electrons. The van der Waals surface area contributed by atoms with Crippen molar-refractivity contribution >= 4 is 11.6 Å². The van der Waals surface area contributed by atoms with Gasteiger partial charge in [-0.25, -0.2) is 4.98 Å². The molecule has 2 rings (SSSR count). The summed E-state index contributed by atoms with van der Waals surface area (Å²) in [6.07, 6.45) is 4.80. The molecular formula is C12H13ClN2. The molecular weight excluding hydrogens is 208 g/mol. The molecule has 0 unspecified atom stereocenters. The van der Waals surface area contributed by atoms with Gasteiger partial charge >= 0.3 is 0 Å². The molecule has 0 saturated heterocycles. The smallest absolute Gasteiger partial charge is 0.0995 e. The average Bonchev–Trinajstić information content (AvgIpc) is 2.78. The summed E-state index contributed by atoms with van der Waals surface area (Å²) in [6.45, 7) is 2.15. The van der Waals surface area contributed by atoms with Crippen molar-refractivity contribution in [2.45, 2.75) is 19.2 Å². The van der Waals surface area contributed by atoms with Crippen molar-refractivity contribution in [1.29, 1.82) is 0 Å². The molecule has 3 heteroatoms. The first-order chi connectivity index (χ1) is 7.33. The highest BCUT2D eigenvalue weighted by molar-refractivity contribution is 6.16. The Hall–Kier alpha value is -1.28. The van der Waals surface area contributed by atoms with Gasteiger partial charge in [0.25, 0.3) is 0 Å².